The molecule has 1 aliphatic carbocycles. The molecule has 7 heteroatoms. The summed E-state index contributed by atoms with van der Waals surface area (Å²) in [6, 6.07) is 0. The number of aliphatic carboxylic acids is 2. The van der Waals surface area contributed by atoms with E-state index in [1.807, 2.05) is 6.08 Å². The van der Waals surface area contributed by atoms with E-state index in [4.69, 9.17) is 10.2 Å². The van der Waals surface area contributed by atoms with Crippen LogP contribution in [0.5, 0.6) is 0 Å². The Labute approximate surface area is 120 Å². The van der Waals surface area contributed by atoms with E-state index in [0.717, 1.165) is 13.0 Å². The minimum absolute atomic E-state index is 0.273. The second kappa shape index (κ2) is 7.35. The third kappa shape index (κ3) is 4.54. The average Bonchev–Trinajstić information content (AvgIpc) is 2.89. The fourth-order valence-electron chi connectivity index (χ4n) is 1.88. The first-order chi connectivity index (χ1) is 9.86. The summed E-state index contributed by atoms with van der Waals surface area (Å²) >= 11 is 0. The molecule has 0 amide bonds. The maximum atomic E-state index is 10.8. The number of carbonyl (C=O) groups excluding carboxylic acids is 1. The molecule has 0 aromatic rings. The lowest BCUT2D eigenvalue weighted by molar-refractivity contribution is -0.784. The number of allylic oxidation sites excluding steroid dienone is 2. The number of carboxylic acids is 2. The predicted octanol–water partition coefficient (Wildman–Crippen LogP) is -0.297. The maximum Gasteiger partial charge on any atom is 0.336 e. The highest BCUT2D eigenvalue weighted by Gasteiger charge is 2.30. The highest BCUT2D eigenvalue weighted by Crippen LogP contribution is 2.27. The lowest BCUT2D eigenvalue weighted by Crippen LogP contribution is -3.00. The van der Waals surface area contributed by atoms with Gasteiger partial charge in [-0.3, -0.25) is 4.79 Å². The first-order valence-electron chi connectivity index (χ1n) is 6.17. The van der Waals surface area contributed by atoms with Gasteiger partial charge in [0.25, 0.3) is 0 Å². The largest absolute Gasteiger partial charge is 0.629 e. The second-order valence-corrected chi connectivity index (χ2v) is 4.51. The third-order valence-electron chi connectivity index (χ3n) is 2.87. The Morgan fingerprint density at radius 2 is 2.10 bits per heavy atom. The van der Waals surface area contributed by atoms with E-state index in [1.54, 1.807) is 13.1 Å². The third-order valence-corrected chi connectivity index (χ3v) is 2.87. The highest BCUT2D eigenvalue weighted by molar-refractivity contribution is 6.00. The average molecular weight is 293 g/mol. The first-order valence-corrected chi connectivity index (χ1v) is 6.17. The summed E-state index contributed by atoms with van der Waals surface area (Å²) in [5.41, 5.74) is -0.156. The van der Waals surface area contributed by atoms with Crippen LogP contribution >= 0.6 is 0 Å². The van der Waals surface area contributed by atoms with E-state index in [1.165, 1.54) is 18.1 Å². The Hall–Kier alpha value is -2.47. The van der Waals surface area contributed by atoms with Crippen molar-refractivity contribution in [1.29, 1.82) is 0 Å². The molecule has 2 atom stereocenters. The summed E-state index contributed by atoms with van der Waals surface area (Å²) in [5.74, 6) is -2.44. The molecule has 1 aliphatic heterocycles. The number of carboxylic acid groups (broad SMARTS) is 2. The SMILES string of the molecule is CC1=CC(C(=O)O)C(=C=O)C(C(=O)O)=C1.[O-][NH+]1C=CCC1. The summed E-state index contributed by atoms with van der Waals surface area (Å²) in [7, 11) is 0. The molecule has 21 heavy (non-hydrogen) atoms. The van der Waals surface area contributed by atoms with Gasteiger partial charge in [-0.2, -0.15) is 0 Å². The van der Waals surface area contributed by atoms with Gasteiger partial charge in [-0.15, -0.1) is 0 Å². The van der Waals surface area contributed by atoms with Gasteiger partial charge in [0.2, 0.25) is 0 Å². The predicted molar refractivity (Wildman–Crippen MR) is 72.8 cm³/mol. The van der Waals surface area contributed by atoms with Crippen LogP contribution in [0.25, 0.3) is 0 Å². The Morgan fingerprint density at radius 1 is 1.43 bits per heavy atom. The Bertz CT molecular complexity index is 580. The molecule has 0 bridgehead atoms. The normalized spacial score (nSPS) is 23.4. The van der Waals surface area contributed by atoms with Gasteiger partial charge in [0.05, 0.1) is 23.9 Å². The fourth-order valence-corrected chi connectivity index (χ4v) is 1.88. The van der Waals surface area contributed by atoms with E-state index < -0.39 is 17.9 Å². The highest BCUT2D eigenvalue weighted by atomic mass is 16.5. The molecule has 0 aromatic carbocycles. The standard InChI is InChI=1S/C10H8O5.C4H7NO/c1-5-2-6(9(12)13)8(4-11)7(3-5)10(14)15;6-5-3-1-2-4-5/h2-3,6H,1H3,(H,12,13)(H,14,15);1,3,5H,2,4H2. The molecular formula is C14H15NO6. The number of hydrogen-bond acceptors (Lipinski definition) is 4. The Morgan fingerprint density at radius 3 is 2.43 bits per heavy atom. The summed E-state index contributed by atoms with van der Waals surface area (Å²) in [6.07, 6.45) is 7.07. The topological polar surface area (TPSA) is 119 Å². The molecule has 0 radical (unpaired) electrons. The quantitative estimate of drug-likeness (QED) is 0.475. The van der Waals surface area contributed by atoms with Crippen molar-refractivity contribution in [3.8, 4) is 0 Å². The zero-order chi connectivity index (χ0) is 16.0. The van der Waals surface area contributed by atoms with Crippen molar-refractivity contribution < 1.29 is 29.7 Å². The molecule has 3 N–H and O–H groups in total. The van der Waals surface area contributed by atoms with Gasteiger partial charge in [0.1, 0.15) is 11.9 Å². The summed E-state index contributed by atoms with van der Waals surface area (Å²) in [4.78, 5) is 32.1. The van der Waals surface area contributed by atoms with Crippen LogP contribution in [-0.4, -0.2) is 34.6 Å². The molecule has 0 spiro atoms. The number of carbonyl (C=O) groups is 2. The molecule has 2 rings (SSSR count). The number of quaternary nitrogens is 1. The molecule has 7 nitrogen and oxygen atoms in total. The molecule has 112 valence electrons. The second-order valence-electron chi connectivity index (χ2n) is 4.51. The summed E-state index contributed by atoms with van der Waals surface area (Å²) in [5, 5.41) is 28.0. The van der Waals surface area contributed by atoms with Crippen molar-refractivity contribution in [1.82, 2.24) is 0 Å². The van der Waals surface area contributed by atoms with Gasteiger partial charge in [0, 0.05) is 6.42 Å². The summed E-state index contributed by atoms with van der Waals surface area (Å²) in [6.45, 7) is 2.31. The number of hydroxylamine groups is 2. The van der Waals surface area contributed by atoms with Crippen molar-refractivity contribution in [2.75, 3.05) is 6.54 Å². The van der Waals surface area contributed by atoms with E-state index in [9.17, 15) is 19.6 Å². The number of nitrogens with one attached hydrogen (secondary N) is 1. The van der Waals surface area contributed by atoms with Gasteiger partial charge >= 0.3 is 11.9 Å². The van der Waals surface area contributed by atoms with Crippen LogP contribution in [0.3, 0.4) is 0 Å². The van der Waals surface area contributed by atoms with Crippen molar-refractivity contribution in [3.05, 3.63) is 46.4 Å². The van der Waals surface area contributed by atoms with Crippen LogP contribution in [0.1, 0.15) is 13.3 Å². The lowest BCUT2D eigenvalue weighted by atomic mass is 9.86. The molecule has 1 heterocycles. The van der Waals surface area contributed by atoms with E-state index in [2.05, 4.69) is 0 Å². The van der Waals surface area contributed by atoms with Gasteiger partial charge in [0.15, 0.2) is 0 Å². The van der Waals surface area contributed by atoms with Gasteiger partial charge in [-0.05, 0) is 19.1 Å². The van der Waals surface area contributed by atoms with Crippen LogP contribution < -0.4 is 5.06 Å². The molecule has 0 aromatic heterocycles. The van der Waals surface area contributed by atoms with Crippen LogP contribution in [-0.2, 0) is 14.4 Å². The van der Waals surface area contributed by atoms with Crippen molar-refractivity contribution in [2.24, 2.45) is 5.92 Å². The summed E-state index contributed by atoms with van der Waals surface area (Å²) < 4.78 is 0. The number of rotatable bonds is 2. The van der Waals surface area contributed by atoms with Gasteiger partial charge in [-0.1, -0.05) is 11.6 Å². The molecular weight excluding hydrogens is 278 g/mol. The minimum atomic E-state index is -1.33. The molecule has 2 aliphatic rings. The van der Waals surface area contributed by atoms with Crippen LogP contribution in [0.2, 0.25) is 0 Å². The maximum absolute atomic E-state index is 10.8. The monoisotopic (exact) mass is 293 g/mol. The lowest BCUT2D eigenvalue weighted by Gasteiger charge is -2.15. The van der Waals surface area contributed by atoms with Crippen molar-refractivity contribution in [2.45, 2.75) is 13.3 Å². The van der Waals surface area contributed by atoms with Crippen LogP contribution in [0.15, 0.2) is 41.1 Å². The smallest absolute Gasteiger partial charge is 0.336 e. The number of hydrogen-bond donors (Lipinski definition) is 3. The molecule has 0 fully saturated rings. The first kappa shape index (κ1) is 16.6. The van der Waals surface area contributed by atoms with E-state index >= 15 is 0 Å². The zero-order valence-electron chi connectivity index (χ0n) is 11.3. The van der Waals surface area contributed by atoms with E-state index in [-0.39, 0.29) is 16.2 Å². The van der Waals surface area contributed by atoms with Crippen molar-refractivity contribution >= 4 is 17.9 Å². The minimum Gasteiger partial charge on any atom is -0.629 e. The molecule has 0 saturated heterocycles. The van der Waals surface area contributed by atoms with Crippen LogP contribution in [0.4, 0.5) is 0 Å². The fraction of sp³-hybridized carbons (Fsp3) is 0.286. The van der Waals surface area contributed by atoms with Crippen LogP contribution in [0, 0.1) is 11.1 Å². The van der Waals surface area contributed by atoms with Gasteiger partial charge < -0.3 is 20.5 Å². The zero-order valence-corrected chi connectivity index (χ0v) is 11.3. The van der Waals surface area contributed by atoms with Crippen molar-refractivity contribution in [3.63, 3.8) is 0 Å². The Balaban J connectivity index is 0.000000304. The van der Waals surface area contributed by atoms with E-state index in [0.29, 0.717) is 5.57 Å². The Kier molecular flexibility index (Phi) is 5.80. The molecule has 0 saturated carbocycles. The van der Waals surface area contributed by atoms with Gasteiger partial charge in [-0.25, -0.2) is 9.59 Å². The molecule has 2 unspecified atom stereocenters.